The van der Waals surface area contributed by atoms with Gasteiger partial charge in [0.25, 0.3) is 0 Å². The van der Waals surface area contributed by atoms with Crippen LogP contribution in [0.4, 0.5) is 14.5 Å². The molecule has 0 atom stereocenters. The first-order valence-corrected chi connectivity index (χ1v) is 5.91. The summed E-state index contributed by atoms with van der Waals surface area (Å²) in [5, 5.41) is 0. The Kier molecular flexibility index (Phi) is 3.69. The number of rotatable bonds is 3. The third kappa shape index (κ3) is 2.84. The Morgan fingerprint density at radius 3 is 2.58 bits per heavy atom. The van der Waals surface area contributed by atoms with Crippen molar-refractivity contribution < 1.29 is 13.5 Å². The van der Waals surface area contributed by atoms with E-state index in [1.165, 1.54) is 12.1 Å². The molecule has 2 rings (SSSR count). The second kappa shape index (κ2) is 5.26. The lowest BCUT2D eigenvalue weighted by molar-refractivity contribution is 0.297. The summed E-state index contributed by atoms with van der Waals surface area (Å²) < 4.78 is 32.1. The van der Waals surface area contributed by atoms with Gasteiger partial charge in [0, 0.05) is 5.56 Å². The molecule has 0 fully saturated rings. The summed E-state index contributed by atoms with van der Waals surface area (Å²) in [7, 11) is 0. The van der Waals surface area contributed by atoms with Gasteiger partial charge in [0.2, 0.25) is 0 Å². The summed E-state index contributed by atoms with van der Waals surface area (Å²) in [5.74, 6) is -1.25. The highest BCUT2D eigenvalue weighted by Crippen LogP contribution is 2.28. The molecule has 4 heteroatoms. The molecule has 100 valence electrons. The Labute approximate surface area is 110 Å². The molecule has 0 saturated carbocycles. The molecule has 2 N–H and O–H groups in total. The highest BCUT2D eigenvalue weighted by Gasteiger charge is 2.10. The molecular formula is C15H15F2NO. The monoisotopic (exact) mass is 263 g/mol. The first-order chi connectivity index (χ1) is 8.99. The first kappa shape index (κ1) is 13.3. The Bertz CT molecular complexity index is 588. The average Bonchev–Trinajstić information content (AvgIpc) is 2.33. The van der Waals surface area contributed by atoms with Crippen molar-refractivity contribution in [3.63, 3.8) is 0 Å². The lowest BCUT2D eigenvalue weighted by atomic mass is 10.1. The molecule has 0 aliphatic carbocycles. The molecule has 2 aromatic carbocycles. The highest BCUT2D eigenvalue weighted by molar-refractivity contribution is 5.58. The van der Waals surface area contributed by atoms with Crippen molar-refractivity contribution in [3.05, 3.63) is 58.7 Å². The third-order valence-electron chi connectivity index (χ3n) is 2.85. The van der Waals surface area contributed by atoms with Gasteiger partial charge in [-0.05, 0) is 37.1 Å². The van der Waals surface area contributed by atoms with Crippen LogP contribution >= 0.6 is 0 Å². The van der Waals surface area contributed by atoms with Crippen LogP contribution in [-0.2, 0) is 6.61 Å². The Hall–Kier alpha value is -2.10. The smallest absolute Gasteiger partial charge is 0.165 e. The van der Waals surface area contributed by atoms with Crippen LogP contribution in [-0.4, -0.2) is 0 Å². The minimum Gasteiger partial charge on any atom is -0.486 e. The van der Waals surface area contributed by atoms with E-state index in [2.05, 4.69) is 0 Å². The van der Waals surface area contributed by atoms with Gasteiger partial charge in [0.05, 0.1) is 5.69 Å². The van der Waals surface area contributed by atoms with Gasteiger partial charge < -0.3 is 10.5 Å². The fourth-order valence-electron chi connectivity index (χ4n) is 1.99. The van der Waals surface area contributed by atoms with Crippen LogP contribution in [0.5, 0.6) is 5.75 Å². The van der Waals surface area contributed by atoms with Crippen LogP contribution in [0.15, 0.2) is 30.3 Å². The maximum absolute atomic E-state index is 13.5. The van der Waals surface area contributed by atoms with E-state index in [-0.39, 0.29) is 12.2 Å². The Morgan fingerprint density at radius 1 is 1.16 bits per heavy atom. The number of anilines is 1. The normalized spacial score (nSPS) is 10.5. The van der Waals surface area contributed by atoms with Gasteiger partial charge in [0.15, 0.2) is 11.6 Å². The number of benzene rings is 2. The summed E-state index contributed by atoms with van der Waals surface area (Å²) in [6, 6.07) is 7.71. The summed E-state index contributed by atoms with van der Waals surface area (Å²) in [6.07, 6.45) is 0. The molecule has 0 radical (unpaired) electrons. The highest BCUT2D eigenvalue weighted by atomic mass is 19.2. The number of hydrogen-bond acceptors (Lipinski definition) is 2. The molecule has 19 heavy (non-hydrogen) atoms. The van der Waals surface area contributed by atoms with Crippen molar-refractivity contribution in [1.82, 2.24) is 0 Å². The quantitative estimate of drug-likeness (QED) is 0.856. The molecule has 0 bridgehead atoms. The van der Waals surface area contributed by atoms with Gasteiger partial charge in [-0.1, -0.05) is 18.2 Å². The van der Waals surface area contributed by atoms with Crippen molar-refractivity contribution in [2.75, 3.05) is 5.73 Å². The van der Waals surface area contributed by atoms with Gasteiger partial charge >= 0.3 is 0 Å². The number of aryl methyl sites for hydroxylation is 2. The lowest BCUT2D eigenvalue weighted by Crippen LogP contribution is -2.03. The van der Waals surface area contributed by atoms with Crippen LogP contribution < -0.4 is 10.5 Å². The predicted molar refractivity (Wildman–Crippen MR) is 71.0 cm³/mol. The van der Waals surface area contributed by atoms with E-state index in [1.807, 2.05) is 19.9 Å². The topological polar surface area (TPSA) is 35.2 Å². The van der Waals surface area contributed by atoms with E-state index in [0.29, 0.717) is 11.4 Å². The van der Waals surface area contributed by atoms with E-state index in [4.69, 9.17) is 10.5 Å². The van der Waals surface area contributed by atoms with Crippen LogP contribution in [0.3, 0.4) is 0 Å². The molecular weight excluding hydrogens is 248 g/mol. The average molecular weight is 263 g/mol. The summed E-state index contributed by atoms with van der Waals surface area (Å²) in [6.45, 7) is 3.73. The van der Waals surface area contributed by atoms with E-state index in [9.17, 15) is 8.78 Å². The van der Waals surface area contributed by atoms with Crippen LogP contribution in [0.2, 0.25) is 0 Å². The molecule has 0 aliphatic heterocycles. The first-order valence-electron chi connectivity index (χ1n) is 5.91. The maximum Gasteiger partial charge on any atom is 0.165 e. The summed E-state index contributed by atoms with van der Waals surface area (Å²) in [5.41, 5.74) is 8.42. The number of halogens is 2. The molecule has 0 unspecified atom stereocenters. The SMILES string of the molecule is Cc1cc(C)c(OCc2cccc(F)c2F)c(N)c1. The molecule has 0 aromatic heterocycles. The zero-order valence-electron chi connectivity index (χ0n) is 10.8. The third-order valence-corrected chi connectivity index (χ3v) is 2.85. The van der Waals surface area contributed by atoms with Gasteiger partial charge in [-0.25, -0.2) is 8.78 Å². The second-order valence-electron chi connectivity index (χ2n) is 4.50. The lowest BCUT2D eigenvalue weighted by Gasteiger charge is -2.13. The molecule has 0 aliphatic rings. The largest absolute Gasteiger partial charge is 0.486 e. The molecule has 0 saturated heterocycles. The molecule has 2 nitrogen and oxygen atoms in total. The standard InChI is InChI=1S/C15H15F2NO/c1-9-6-10(2)15(13(18)7-9)19-8-11-4-3-5-12(16)14(11)17/h3-7H,8,18H2,1-2H3. The van der Waals surface area contributed by atoms with Gasteiger partial charge in [0.1, 0.15) is 12.4 Å². The van der Waals surface area contributed by atoms with E-state index in [0.717, 1.165) is 17.2 Å². The van der Waals surface area contributed by atoms with Crippen LogP contribution in [0.1, 0.15) is 16.7 Å². The molecule has 0 spiro atoms. The molecule has 0 heterocycles. The van der Waals surface area contributed by atoms with Crippen molar-refractivity contribution in [1.29, 1.82) is 0 Å². The second-order valence-corrected chi connectivity index (χ2v) is 4.50. The minimum atomic E-state index is -0.883. The van der Waals surface area contributed by atoms with E-state index in [1.54, 1.807) is 6.07 Å². The predicted octanol–water partition coefficient (Wildman–Crippen LogP) is 3.74. The number of nitrogen functional groups attached to an aromatic ring is 1. The minimum absolute atomic E-state index is 0.0578. The molecule has 2 aromatic rings. The van der Waals surface area contributed by atoms with Crippen LogP contribution in [0.25, 0.3) is 0 Å². The van der Waals surface area contributed by atoms with Crippen molar-refractivity contribution in [2.24, 2.45) is 0 Å². The van der Waals surface area contributed by atoms with E-state index >= 15 is 0 Å². The fraction of sp³-hybridized carbons (Fsp3) is 0.200. The Balaban J connectivity index is 2.22. The number of nitrogens with two attached hydrogens (primary N) is 1. The van der Waals surface area contributed by atoms with Crippen LogP contribution in [0, 0.1) is 25.5 Å². The van der Waals surface area contributed by atoms with Crippen molar-refractivity contribution in [2.45, 2.75) is 20.5 Å². The van der Waals surface area contributed by atoms with Crippen molar-refractivity contribution >= 4 is 5.69 Å². The summed E-state index contributed by atoms with van der Waals surface area (Å²) >= 11 is 0. The Morgan fingerprint density at radius 2 is 1.89 bits per heavy atom. The van der Waals surface area contributed by atoms with Gasteiger partial charge in [-0.3, -0.25) is 0 Å². The number of hydrogen-bond donors (Lipinski definition) is 1. The zero-order chi connectivity index (χ0) is 14.0. The fourth-order valence-corrected chi connectivity index (χ4v) is 1.99. The molecule has 0 amide bonds. The zero-order valence-corrected chi connectivity index (χ0v) is 10.8. The van der Waals surface area contributed by atoms with Crippen molar-refractivity contribution in [3.8, 4) is 5.75 Å². The summed E-state index contributed by atoms with van der Waals surface area (Å²) in [4.78, 5) is 0. The number of ether oxygens (including phenoxy) is 1. The van der Waals surface area contributed by atoms with Gasteiger partial charge in [-0.15, -0.1) is 0 Å². The van der Waals surface area contributed by atoms with Gasteiger partial charge in [-0.2, -0.15) is 0 Å². The maximum atomic E-state index is 13.5. The van der Waals surface area contributed by atoms with E-state index < -0.39 is 11.6 Å².